The first-order valence-electron chi connectivity index (χ1n) is 5.89. The van der Waals surface area contributed by atoms with Crippen LogP contribution in [0.2, 0.25) is 0 Å². The Morgan fingerprint density at radius 2 is 2.29 bits per heavy atom. The number of aryl methyl sites for hydroxylation is 1. The van der Waals surface area contributed by atoms with Crippen LogP contribution < -0.4 is 10.6 Å². The maximum Gasteiger partial charge on any atom is 0.143 e. The van der Waals surface area contributed by atoms with Crippen molar-refractivity contribution >= 4 is 21.7 Å². The molecular weight excluding hydrogens is 280 g/mol. The summed E-state index contributed by atoms with van der Waals surface area (Å²) in [5.74, 6) is 1.01. The summed E-state index contributed by atoms with van der Waals surface area (Å²) in [6.45, 7) is 5.74. The van der Waals surface area contributed by atoms with Crippen LogP contribution in [0.4, 0.5) is 5.82 Å². The number of nitrogens with two attached hydrogens (primary N) is 1. The minimum Gasteiger partial charge on any atom is -0.349 e. The van der Waals surface area contributed by atoms with Crippen molar-refractivity contribution in [1.82, 2.24) is 9.88 Å². The van der Waals surface area contributed by atoms with Gasteiger partial charge in [-0.15, -0.1) is 0 Å². The molecule has 1 unspecified atom stereocenters. The molecular formula is C12H19BrN4. The normalized spacial score (nSPS) is 21.9. The molecule has 1 saturated heterocycles. The van der Waals surface area contributed by atoms with Crippen molar-refractivity contribution < 1.29 is 0 Å². The summed E-state index contributed by atoms with van der Waals surface area (Å²) in [6.07, 6.45) is 1.91. The number of rotatable bonds is 2. The molecule has 0 saturated carbocycles. The van der Waals surface area contributed by atoms with Crippen LogP contribution in [0.25, 0.3) is 0 Å². The lowest BCUT2D eigenvalue weighted by molar-refractivity contribution is 0.268. The molecule has 0 aromatic carbocycles. The summed E-state index contributed by atoms with van der Waals surface area (Å²) < 4.78 is 1.06. The van der Waals surface area contributed by atoms with E-state index in [1.54, 1.807) is 0 Å². The van der Waals surface area contributed by atoms with Gasteiger partial charge in [-0.3, -0.25) is 0 Å². The third kappa shape index (κ3) is 2.78. The van der Waals surface area contributed by atoms with Crippen molar-refractivity contribution in [3.8, 4) is 0 Å². The van der Waals surface area contributed by atoms with Gasteiger partial charge in [0.25, 0.3) is 0 Å². The lowest BCUT2D eigenvalue weighted by Crippen LogP contribution is -2.55. The van der Waals surface area contributed by atoms with Gasteiger partial charge in [-0.05, 0) is 41.5 Å². The first kappa shape index (κ1) is 12.8. The van der Waals surface area contributed by atoms with E-state index in [-0.39, 0.29) is 0 Å². The standard InChI is InChI=1S/C12H19BrN4/c1-9-5-11(13)12(15-7-9)17-4-3-16(2)8-10(17)6-14/h5,7,10H,3-4,6,8,14H2,1-2H3. The van der Waals surface area contributed by atoms with Gasteiger partial charge in [0.1, 0.15) is 5.82 Å². The molecule has 2 N–H and O–H groups in total. The second kappa shape index (κ2) is 5.33. The number of pyridine rings is 1. The zero-order valence-corrected chi connectivity index (χ0v) is 11.9. The second-order valence-corrected chi connectivity index (χ2v) is 5.52. The number of hydrogen-bond donors (Lipinski definition) is 1. The summed E-state index contributed by atoms with van der Waals surface area (Å²) in [7, 11) is 2.14. The fourth-order valence-electron chi connectivity index (χ4n) is 2.23. The number of aromatic nitrogens is 1. The molecule has 1 fully saturated rings. The molecule has 0 bridgehead atoms. The third-order valence-corrected chi connectivity index (χ3v) is 3.77. The molecule has 1 aromatic heterocycles. The van der Waals surface area contributed by atoms with Crippen LogP contribution in [0.15, 0.2) is 16.7 Å². The minimum absolute atomic E-state index is 0.347. The third-order valence-electron chi connectivity index (χ3n) is 3.19. The molecule has 1 aliphatic rings. The number of likely N-dealkylation sites (N-methyl/N-ethyl adjacent to an activating group) is 1. The Kier molecular flexibility index (Phi) is 4.01. The van der Waals surface area contributed by atoms with Gasteiger partial charge in [-0.1, -0.05) is 0 Å². The molecule has 2 heterocycles. The zero-order chi connectivity index (χ0) is 12.4. The van der Waals surface area contributed by atoms with Crippen molar-refractivity contribution in [1.29, 1.82) is 0 Å². The van der Waals surface area contributed by atoms with Gasteiger partial charge in [0, 0.05) is 32.4 Å². The first-order valence-corrected chi connectivity index (χ1v) is 6.68. The molecule has 4 nitrogen and oxygen atoms in total. The Balaban J connectivity index is 2.25. The highest BCUT2D eigenvalue weighted by molar-refractivity contribution is 9.10. The van der Waals surface area contributed by atoms with Crippen LogP contribution in [0.5, 0.6) is 0 Å². The van der Waals surface area contributed by atoms with Crippen molar-refractivity contribution in [2.45, 2.75) is 13.0 Å². The molecule has 0 radical (unpaired) electrons. The van der Waals surface area contributed by atoms with Crippen molar-refractivity contribution in [2.75, 3.05) is 38.1 Å². The largest absolute Gasteiger partial charge is 0.349 e. The SMILES string of the molecule is Cc1cnc(N2CCN(C)CC2CN)c(Br)c1. The average molecular weight is 299 g/mol. The highest BCUT2D eigenvalue weighted by Gasteiger charge is 2.26. The van der Waals surface area contributed by atoms with E-state index in [9.17, 15) is 0 Å². The van der Waals surface area contributed by atoms with Gasteiger partial charge >= 0.3 is 0 Å². The number of nitrogens with zero attached hydrogens (tertiary/aromatic N) is 3. The minimum atomic E-state index is 0.347. The molecule has 2 rings (SSSR count). The highest BCUT2D eigenvalue weighted by Crippen LogP contribution is 2.27. The molecule has 0 spiro atoms. The molecule has 1 aliphatic heterocycles. The van der Waals surface area contributed by atoms with Crippen LogP contribution in [0, 0.1) is 6.92 Å². The maximum absolute atomic E-state index is 5.86. The Hall–Kier alpha value is -0.650. The second-order valence-electron chi connectivity index (χ2n) is 4.66. The summed E-state index contributed by atoms with van der Waals surface area (Å²) in [5.41, 5.74) is 7.03. The van der Waals surface area contributed by atoms with Crippen molar-refractivity contribution in [3.63, 3.8) is 0 Å². The molecule has 1 atom stereocenters. The van der Waals surface area contributed by atoms with E-state index in [0.717, 1.165) is 29.9 Å². The quantitative estimate of drug-likeness (QED) is 0.892. The number of anilines is 1. The fraction of sp³-hybridized carbons (Fsp3) is 0.583. The predicted molar refractivity (Wildman–Crippen MR) is 74.4 cm³/mol. The Labute approximate surface area is 111 Å². The van der Waals surface area contributed by atoms with Gasteiger partial charge < -0.3 is 15.5 Å². The summed E-state index contributed by atoms with van der Waals surface area (Å²) in [5, 5.41) is 0. The average Bonchev–Trinajstić information content (AvgIpc) is 2.30. The number of piperazine rings is 1. The predicted octanol–water partition coefficient (Wildman–Crippen LogP) is 1.23. The smallest absolute Gasteiger partial charge is 0.143 e. The van der Waals surface area contributed by atoms with E-state index >= 15 is 0 Å². The van der Waals surface area contributed by atoms with Crippen molar-refractivity contribution in [3.05, 3.63) is 22.3 Å². The molecule has 1 aromatic rings. The van der Waals surface area contributed by atoms with E-state index < -0.39 is 0 Å². The fourth-order valence-corrected chi connectivity index (χ4v) is 2.92. The zero-order valence-electron chi connectivity index (χ0n) is 10.4. The summed E-state index contributed by atoms with van der Waals surface area (Å²) >= 11 is 3.60. The topological polar surface area (TPSA) is 45.4 Å². The van der Waals surface area contributed by atoms with Gasteiger partial charge in [0.05, 0.1) is 10.5 Å². The van der Waals surface area contributed by atoms with Gasteiger partial charge in [-0.25, -0.2) is 4.98 Å². The Morgan fingerprint density at radius 3 is 2.94 bits per heavy atom. The van der Waals surface area contributed by atoms with Crippen LogP contribution in [-0.4, -0.2) is 49.2 Å². The summed E-state index contributed by atoms with van der Waals surface area (Å²) in [6, 6.07) is 2.45. The van der Waals surface area contributed by atoms with Crippen LogP contribution in [0.3, 0.4) is 0 Å². The molecule has 17 heavy (non-hydrogen) atoms. The van der Waals surface area contributed by atoms with E-state index in [1.807, 2.05) is 13.1 Å². The number of hydrogen-bond acceptors (Lipinski definition) is 4. The molecule has 0 amide bonds. The lowest BCUT2D eigenvalue weighted by Gasteiger charge is -2.40. The molecule has 94 valence electrons. The molecule has 5 heteroatoms. The van der Waals surface area contributed by atoms with Gasteiger partial charge in [0.15, 0.2) is 0 Å². The van der Waals surface area contributed by atoms with E-state index in [2.05, 4.69) is 43.8 Å². The highest BCUT2D eigenvalue weighted by atomic mass is 79.9. The van der Waals surface area contributed by atoms with E-state index in [4.69, 9.17) is 5.73 Å². The maximum atomic E-state index is 5.86. The summed E-state index contributed by atoms with van der Waals surface area (Å²) in [4.78, 5) is 9.15. The van der Waals surface area contributed by atoms with Crippen LogP contribution in [0.1, 0.15) is 5.56 Å². The first-order chi connectivity index (χ1) is 8.11. The van der Waals surface area contributed by atoms with Crippen molar-refractivity contribution in [2.24, 2.45) is 5.73 Å². The monoisotopic (exact) mass is 298 g/mol. The molecule has 0 aliphatic carbocycles. The Bertz CT molecular complexity index is 396. The number of halogens is 1. The Morgan fingerprint density at radius 1 is 1.53 bits per heavy atom. The van der Waals surface area contributed by atoms with Crippen LogP contribution >= 0.6 is 15.9 Å². The van der Waals surface area contributed by atoms with Gasteiger partial charge in [-0.2, -0.15) is 0 Å². The lowest BCUT2D eigenvalue weighted by atomic mass is 10.1. The van der Waals surface area contributed by atoms with Gasteiger partial charge in [0.2, 0.25) is 0 Å². The van der Waals surface area contributed by atoms with E-state index in [0.29, 0.717) is 12.6 Å². The van der Waals surface area contributed by atoms with Crippen LogP contribution in [-0.2, 0) is 0 Å². The van der Waals surface area contributed by atoms with E-state index in [1.165, 1.54) is 5.56 Å².